The van der Waals surface area contributed by atoms with E-state index in [9.17, 15) is 17.6 Å². The maximum Gasteiger partial charge on any atom is 0.242 e. The Kier molecular flexibility index (Phi) is 6.47. The number of rotatable bonds is 6. The van der Waals surface area contributed by atoms with Crippen molar-refractivity contribution in [3.8, 4) is 11.3 Å². The van der Waals surface area contributed by atoms with Crippen molar-refractivity contribution in [1.29, 1.82) is 0 Å². The predicted octanol–water partition coefficient (Wildman–Crippen LogP) is 4.14. The third kappa shape index (κ3) is 5.08. The van der Waals surface area contributed by atoms with Crippen molar-refractivity contribution in [3.63, 3.8) is 0 Å². The maximum atomic E-state index is 13.2. The fourth-order valence-corrected chi connectivity index (χ4v) is 4.67. The number of anilines is 1. The van der Waals surface area contributed by atoms with Gasteiger partial charge in [-0.15, -0.1) is 11.3 Å². The van der Waals surface area contributed by atoms with Gasteiger partial charge < -0.3 is 5.32 Å². The minimum Gasteiger partial charge on any atom is -0.302 e. The lowest BCUT2D eigenvalue weighted by Crippen LogP contribution is -2.22. The highest BCUT2D eigenvalue weighted by molar-refractivity contribution is 9.10. The number of carbonyl (C=O) groups is 1. The summed E-state index contributed by atoms with van der Waals surface area (Å²) in [4.78, 5) is 16.8. The fraction of sp³-hybridized carbons (Fsp3) is 0.158. The molecule has 152 valence electrons. The van der Waals surface area contributed by atoms with E-state index in [0.29, 0.717) is 26.4 Å². The summed E-state index contributed by atoms with van der Waals surface area (Å²) in [5.41, 5.74) is 1.84. The number of thiazole rings is 1. The van der Waals surface area contributed by atoms with Crippen molar-refractivity contribution >= 4 is 48.3 Å². The molecule has 0 radical (unpaired) electrons. The second kappa shape index (κ2) is 8.70. The molecule has 3 aromatic rings. The summed E-state index contributed by atoms with van der Waals surface area (Å²) >= 11 is 4.48. The van der Waals surface area contributed by atoms with E-state index in [2.05, 4.69) is 26.2 Å². The van der Waals surface area contributed by atoms with E-state index < -0.39 is 10.0 Å². The first kappa shape index (κ1) is 21.6. The van der Waals surface area contributed by atoms with E-state index in [1.54, 1.807) is 29.6 Å². The topological polar surface area (TPSA) is 79.4 Å². The number of nitrogens with zero attached hydrogens (tertiary/aromatic N) is 2. The van der Waals surface area contributed by atoms with Gasteiger partial charge in [0.2, 0.25) is 15.9 Å². The molecule has 3 rings (SSSR count). The van der Waals surface area contributed by atoms with E-state index in [4.69, 9.17) is 0 Å². The van der Waals surface area contributed by atoms with Crippen LogP contribution in [0.1, 0.15) is 5.56 Å². The van der Waals surface area contributed by atoms with Gasteiger partial charge in [-0.25, -0.2) is 22.1 Å². The molecule has 10 heteroatoms. The average Bonchev–Trinajstić information content (AvgIpc) is 3.12. The van der Waals surface area contributed by atoms with Crippen LogP contribution in [0.3, 0.4) is 0 Å². The highest BCUT2D eigenvalue weighted by Gasteiger charge is 2.18. The Bertz CT molecular complexity index is 1160. The molecule has 0 atom stereocenters. The van der Waals surface area contributed by atoms with Gasteiger partial charge in [-0.1, -0.05) is 34.1 Å². The zero-order valence-electron chi connectivity index (χ0n) is 15.5. The molecule has 0 aliphatic rings. The molecule has 0 spiro atoms. The van der Waals surface area contributed by atoms with Crippen LogP contribution in [0.2, 0.25) is 0 Å². The number of hydrogen-bond acceptors (Lipinski definition) is 5. The van der Waals surface area contributed by atoms with Gasteiger partial charge in [0, 0.05) is 29.5 Å². The van der Waals surface area contributed by atoms with Crippen molar-refractivity contribution in [2.24, 2.45) is 0 Å². The fourth-order valence-electron chi connectivity index (χ4n) is 2.49. The standard InChI is InChI=1S/C19H17BrFN3O3S2/c1-24(2)29(26,27)15-5-3-4-13(8-15)17-11-28-19(22-17)23-18(25)9-12-6-7-14(21)10-16(12)20/h3-8,10-11H,9H2,1-2H3,(H,22,23,25). The third-order valence-corrected chi connectivity index (χ3v) is 7.33. The van der Waals surface area contributed by atoms with Crippen molar-refractivity contribution in [2.75, 3.05) is 19.4 Å². The van der Waals surface area contributed by atoms with Gasteiger partial charge in [0.05, 0.1) is 17.0 Å². The van der Waals surface area contributed by atoms with Gasteiger partial charge in [0.25, 0.3) is 0 Å². The van der Waals surface area contributed by atoms with Crippen LogP contribution in [0.25, 0.3) is 11.3 Å². The first-order valence-corrected chi connectivity index (χ1v) is 11.5. The quantitative estimate of drug-likeness (QED) is 0.554. The number of aromatic nitrogens is 1. The number of carbonyl (C=O) groups excluding carboxylic acids is 1. The lowest BCUT2D eigenvalue weighted by Gasteiger charge is -2.11. The lowest BCUT2D eigenvalue weighted by atomic mass is 10.1. The molecule has 6 nitrogen and oxygen atoms in total. The number of sulfonamides is 1. The first-order valence-electron chi connectivity index (χ1n) is 8.39. The molecular weight excluding hydrogens is 481 g/mol. The number of benzene rings is 2. The van der Waals surface area contributed by atoms with Crippen LogP contribution in [0.4, 0.5) is 9.52 Å². The molecule has 1 heterocycles. The second-order valence-corrected chi connectivity index (χ2v) is 10.2. The van der Waals surface area contributed by atoms with Crippen LogP contribution in [-0.4, -0.2) is 37.7 Å². The van der Waals surface area contributed by atoms with Gasteiger partial charge in [-0.2, -0.15) is 0 Å². The van der Waals surface area contributed by atoms with Crippen molar-refractivity contribution in [2.45, 2.75) is 11.3 Å². The minimum atomic E-state index is -3.55. The van der Waals surface area contributed by atoms with Gasteiger partial charge in [0.1, 0.15) is 5.82 Å². The first-order chi connectivity index (χ1) is 13.7. The Morgan fingerprint density at radius 2 is 2.00 bits per heavy atom. The Morgan fingerprint density at radius 1 is 1.24 bits per heavy atom. The van der Waals surface area contributed by atoms with Crippen LogP contribution < -0.4 is 5.32 Å². The van der Waals surface area contributed by atoms with Crippen molar-refractivity contribution in [1.82, 2.24) is 9.29 Å². The Hall–Kier alpha value is -2.14. The number of nitrogens with one attached hydrogen (secondary N) is 1. The highest BCUT2D eigenvalue weighted by atomic mass is 79.9. The van der Waals surface area contributed by atoms with Crippen LogP contribution in [0, 0.1) is 5.82 Å². The molecule has 1 N–H and O–H groups in total. The average molecular weight is 498 g/mol. The van der Waals surface area contributed by atoms with Crippen LogP contribution >= 0.6 is 27.3 Å². The van der Waals surface area contributed by atoms with Crippen LogP contribution in [0.5, 0.6) is 0 Å². The second-order valence-electron chi connectivity index (χ2n) is 6.31. The summed E-state index contributed by atoms with van der Waals surface area (Å²) in [6, 6.07) is 10.6. The molecule has 0 unspecified atom stereocenters. The smallest absolute Gasteiger partial charge is 0.242 e. The van der Waals surface area contributed by atoms with E-state index >= 15 is 0 Å². The molecule has 0 bridgehead atoms. The molecule has 0 saturated carbocycles. The van der Waals surface area contributed by atoms with Crippen LogP contribution in [-0.2, 0) is 21.2 Å². The number of amides is 1. The molecule has 1 amide bonds. The summed E-state index contributed by atoms with van der Waals surface area (Å²) < 4.78 is 39.5. The molecule has 0 saturated heterocycles. The molecule has 29 heavy (non-hydrogen) atoms. The Labute approximate surface area is 180 Å². The molecule has 0 aliphatic carbocycles. The van der Waals surface area contributed by atoms with Gasteiger partial charge >= 0.3 is 0 Å². The zero-order valence-corrected chi connectivity index (χ0v) is 18.7. The number of halogens is 2. The summed E-state index contributed by atoms with van der Waals surface area (Å²) in [5, 5.41) is 4.85. The van der Waals surface area contributed by atoms with Crippen LogP contribution in [0.15, 0.2) is 57.2 Å². The molecule has 0 aliphatic heterocycles. The molecular formula is C19H17BrFN3O3S2. The minimum absolute atomic E-state index is 0.0618. The molecule has 2 aromatic carbocycles. The van der Waals surface area contributed by atoms with Gasteiger partial charge in [-0.3, -0.25) is 4.79 Å². The van der Waals surface area contributed by atoms with Gasteiger partial charge in [0.15, 0.2) is 5.13 Å². The predicted molar refractivity (Wildman–Crippen MR) is 115 cm³/mol. The third-order valence-electron chi connectivity index (χ3n) is 4.03. The summed E-state index contributed by atoms with van der Waals surface area (Å²) in [7, 11) is -0.613. The lowest BCUT2D eigenvalue weighted by molar-refractivity contribution is -0.115. The van der Waals surface area contributed by atoms with Gasteiger partial charge in [-0.05, 0) is 29.8 Å². The monoisotopic (exact) mass is 497 g/mol. The SMILES string of the molecule is CN(C)S(=O)(=O)c1cccc(-c2csc(NC(=O)Cc3ccc(F)cc3Br)n2)c1. The van der Waals surface area contributed by atoms with Crippen molar-refractivity contribution in [3.05, 3.63) is 63.7 Å². The highest BCUT2D eigenvalue weighted by Crippen LogP contribution is 2.27. The Morgan fingerprint density at radius 3 is 2.69 bits per heavy atom. The summed E-state index contributed by atoms with van der Waals surface area (Å²) in [6.45, 7) is 0. The van der Waals surface area contributed by atoms with E-state index in [0.717, 1.165) is 4.31 Å². The molecule has 0 fully saturated rings. The van der Waals surface area contributed by atoms with E-state index in [1.807, 2.05) is 0 Å². The normalized spacial score (nSPS) is 11.6. The Balaban J connectivity index is 1.75. The van der Waals surface area contributed by atoms with E-state index in [-0.39, 0.29) is 23.0 Å². The summed E-state index contributed by atoms with van der Waals surface area (Å²) in [6.07, 6.45) is 0.0618. The maximum absolute atomic E-state index is 13.2. The zero-order chi connectivity index (χ0) is 21.2. The van der Waals surface area contributed by atoms with Crippen molar-refractivity contribution < 1.29 is 17.6 Å². The number of hydrogen-bond donors (Lipinski definition) is 1. The molecule has 1 aromatic heterocycles. The largest absolute Gasteiger partial charge is 0.302 e. The summed E-state index contributed by atoms with van der Waals surface area (Å²) in [5.74, 6) is -0.675. The van der Waals surface area contributed by atoms with E-state index in [1.165, 1.54) is 43.6 Å².